The number of hydrogen-bond donors (Lipinski definition) is 1. The third kappa shape index (κ3) is 2.71. The lowest BCUT2D eigenvalue weighted by Gasteiger charge is -2.05. The minimum atomic E-state index is -0.274. The SMILES string of the molecule is Cc1ccc(C(=O)c2nnc3cc(-c4ccc(C)cc4)nn3c2N)cc1. The maximum absolute atomic E-state index is 12.7. The monoisotopic (exact) mass is 343 g/mol. The molecule has 0 radical (unpaired) electrons. The van der Waals surface area contributed by atoms with E-state index in [4.69, 9.17) is 5.73 Å². The van der Waals surface area contributed by atoms with Crippen molar-refractivity contribution in [3.05, 3.63) is 77.0 Å². The molecule has 0 saturated heterocycles. The highest BCUT2D eigenvalue weighted by molar-refractivity contribution is 6.10. The zero-order chi connectivity index (χ0) is 18.3. The number of ketones is 1. The van der Waals surface area contributed by atoms with Crippen molar-refractivity contribution in [3.63, 3.8) is 0 Å². The highest BCUT2D eigenvalue weighted by atomic mass is 16.1. The van der Waals surface area contributed by atoms with Crippen molar-refractivity contribution in [2.75, 3.05) is 5.73 Å². The van der Waals surface area contributed by atoms with E-state index in [0.717, 1.165) is 16.8 Å². The van der Waals surface area contributed by atoms with Gasteiger partial charge in [0.15, 0.2) is 17.2 Å². The van der Waals surface area contributed by atoms with E-state index in [1.807, 2.05) is 50.2 Å². The van der Waals surface area contributed by atoms with Gasteiger partial charge in [0.25, 0.3) is 0 Å². The van der Waals surface area contributed by atoms with E-state index >= 15 is 0 Å². The third-order valence-electron chi connectivity index (χ3n) is 4.29. The normalized spacial score (nSPS) is 11.0. The van der Waals surface area contributed by atoms with Crippen LogP contribution in [0, 0.1) is 13.8 Å². The zero-order valence-electron chi connectivity index (χ0n) is 14.5. The zero-order valence-corrected chi connectivity index (χ0v) is 14.5. The Balaban J connectivity index is 1.78. The summed E-state index contributed by atoms with van der Waals surface area (Å²) in [5.41, 5.74) is 11.2. The highest BCUT2D eigenvalue weighted by Gasteiger charge is 2.19. The number of hydrogen-bond acceptors (Lipinski definition) is 5. The molecule has 6 heteroatoms. The number of anilines is 1. The fraction of sp³-hybridized carbons (Fsp3) is 0.100. The number of aryl methyl sites for hydroxylation is 2. The first-order valence-electron chi connectivity index (χ1n) is 8.23. The number of aromatic nitrogens is 4. The molecule has 2 N–H and O–H groups in total. The molecule has 2 aromatic heterocycles. The first kappa shape index (κ1) is 16.0. The summed E-state index contributed by atoms with van der Waals surface area (Å²) in [6.07, 6.45) is 0. The van der Waals surface area contributed by atoms with E-state index in [2.05, 4.69) is 15.3 Å². The summed E-state index contributed by atoms with van der Waals surface area (Å²) >= 11 is 0. The van der Waals surface area contributed by atoms with Crippen LogP contribution in [0.3, 0.4) is 0 Å². The van der Waals surface area contributed by atoms with Gasteiger partial charge in [0, 0.05) is 17.2 Å². The van der Waals surface area contributed by atoms with Crippen LogP contribution in [0.5, 0.6) is 0 Å². The van der Waals surface area contributed by atoms with Gasteiger partial charge in [-0.15, -0.1) is 10.2 Å². The number of benzene rings is 2. The van der Waals surface area contributed by atoms with Gasteiger partial charge in [-0.3, -0.25) is 4.79 Å². The van der Waals surface area contributed by atoms with Gasteiger partial charge in [-0.25, -0.2) is 0 Å². The number of nitrogen functional groups attached to an aromatic ring is 1. The van der Waals surface area contributed by atoms with Gasteiger partial charge < -0.3 is 5.73 Å². The summed E-state index contributed by atoms with van der Waals surface area (Å²) in [5, 5.41) is 12.7. The predicted molar refractivity (Wildman–Crippen MR) is 100.0 cm³/mol. The molecule has 0 bridgehead atoms. The van der Waals surface area contributed by atoms with Crippen LogP contribution in [0.15, 0.2) is 54.6 Å². The van der Waals surface area contributed by atoms with Crippen LogP contribution in [0.25, 0.3) is 16.9 Å². The Morgan fingerprint density at radius 3 is 2.19 bits per heavy atom. The van der Waals surface area contributed by atoms with Crippen molar-refractivity contribution in [2.45, 2.75) is 13.8 Å². The van der Waals surface area contributed by atoms with Crippen LogP contribution in [-0.2, 0) is 0 Å². The molecular weight excluding hydrogens is 326 g/mol. The molecule has 128 valence electrons. The number of fused-ring (bicyclic) bond motifs is 1. The fourth-order valence-corrected chi connectivity index (χ4v) is 2.74. The molecule has 0 saturated carbocycles. The molecule has 0 atom stereocenters. The Morgan fingerprint density at radius 2 is 1.54 bits per heavy atom. The molecule has 0 fully saturated rings. The van der Waals surface area contributed by atoms with Gasteiger partial charge in [-0.1, -0.05) is 59.7 Å². The maximum Gasteiger partial charge on any atom is 0.217 e. The number of nitrogens with two attached hydrogens (primary N) is 1. The van der Waals surface area contributed by atoms with E-state index < -0.39 is 0 Å². The molecular formula is C20H17N5O. The molecule has 2 aromatic carbocycles. The topological polar surface area (TPSA) is 86.2 Å². The summed E-state index contributed by atoms with van der Waals surface area (Å²) in [6, 6.07) is 17.1. The minimum absolute atomic E-state index is 0.0971. The number of carbonyl (C=O) groups is 1. The largest absolute Gasteiger partial charge is 0.382 e. The average Bonchev–Trinajstić information content (AvgIpc) is 3.08. The molecule has 0 aliphatic carbocycles. The molecule has 2 heterocycles. The summed E-state index contributed by atoms with van der Waals surface area (Å²) in [6.45, 7) is 3.99. The van der Waals surface area contributed by atoms with Crippen molar-refractivity contribution in [3.8, 4) is 11.3 Å². The van der Waals surface area contributed by atoms with Crippen LogP contribution >= 0.6 is 0 Å². The van der Waals surface area contributed by atoms with E-state index in [-0.39, 0.29) is 17.3 Å². The molecule has 0 aliphatic heterocycles. The Labute approximate surface area is 150 Å². The predicted octanol–water partition coefficient (Wildman–Crippen LogP) is 3.22. The number of rotatable bonds is 3. The maximum atomic E-state index is 12.7. The second-order valence-corrected chi connectivity index (χ2v) is 6.29. The summed E-state index contributed by atoms with van der Waals surface area (Å²) in [4.78, 5) is 12.7. The van der Waals surface area contributed by atoms with Gasteiger partial charge in [0.2, 0.25) is 5.78 Å². The Morgan fingerprint density at radius 1 is 0.923 bits per heavy atom. The smallest absolute Gasteiger partial charge is 0.217 e. The van der Waals surface area contributed by atoms with Gasteiger partial charge in [-0.2, -0.15) is 9.61 Å². The second kappa shape index (κ2) is 6.07. The standard InChI is InChI=1S/C20H17N5O/c1-12-3-7-14(8-4-12)16-11-17-22-23-18(20(21)25(17)24-16)19(26)15-9-5-13(2)6-10-15/h3-11H,21H2,1-2H3. The number of carbonyl (C=O) groups excluding carboxylic acids is 1. The van der Waals surface area contributed by atoms with Crippen molar-refractivity contribution >= 4 is 17.2 Å². The second-order valence-electron chi connectivity index (χ2n) is 6.29. The molecule has 4 aromatic rings. The van der Waals surface area contributed by atoms with Crippen LogP contribution in [0.1, 0.15) is 27.2 Å². The van der Waals surface area contributed by atoms with Crippen LogP contribution in [-0.4, -0.2) is 25.6 Å². The fourth-order valence-electron chi connectivity index (χ4n) is 2.74. The molecule has 0 unspecified atom stereocenters. The summed E-state index contributed by atoms with van der Waals surface area (Å²) in [7, 11) is 0. The Bertz CT molecular complexity index is 1110. The minimum Gasteiger partial charge on any atom is -0.382 e. The molecule has 0 amide bonds. The van der Waals surface area contributed by atoms with Crippen molar-refractivity contribution < 1.29 is 4.79 Å². The highest BCUT2D eigenvalue weighted by Crippen LogP contribution is 2.22. The Hall–Kier alpha value is -3.54. The molecule has 26 heavy (non-hydrogen) atoms. The molecule has 4 rings (SSSR count). The molecule has 0 aliphatic rings. The van der Waals surface area contributed by atoms with Crippen LogP contribution in [0.4, 0.5) is 5.82 Å². The van der Waals surface area contributed by atoms with Crippen LogP contribution in [0.2, 0.25) is 0 Å². The van der Waals surface area contributed by atoms with Crippen molar-refractivity contribution in [2.24, 2.45) is 0 Å². The molecule has 6 nitrogen and oxygen atoms in total. The van der Waals surface area contributed by atoms with E-state index in [1.54, 1.807) is 18.2 Å². The van der Waals surface area contributed by atoms with Gasteiger partial charge in [-0.05, 0) is 13.8 Å². The molecule has 0 spiro atoms. The lowest BCUT2D eigenvalue weighted by molar-refractivity contribution is 0.103. The quantitative estimate of drug-likeness (QED) is 0.577. The summed E-state index contributed by atoms with van der Waals surface area (Å²) in [5.74, 6) is -0.0942. The average molecular weight is 343 g/mol. The van der Waals surface area contributed by atoms with Crippen molar-refractivity contribution in [1.29, 1.82) is 0 Å². The van der Waals surface area contributed by atoms with E-state index in [9.17, 15) is 4.79 Å². The van der Waals surface area contributed by atoms with Gasteiger partial charge >= 0.3 is 0 Å². The lowest BCUT2D eigenvalue weighted by atomic mass is 10.1. The van der Waals surface area contributed by atoms with Crippen LogP contribution < -0.4 is 5.73 Å². The lowest BCUT2D eigenvalue weighted by Crippen LogP contribution is -2.14. The van der Waals surface area contributed by atoms with Gasteiger partial charge in [0.1, 0.15) is 0 Å². The first-order chi connectivity index (χ1) is 12.5. The van der Waals surface area contributed by atoms with Crippen molar-refractivity contribution in [1.82, 2.24) is 19.8 Å². The summed E-state index contributed by atoms with van der Waals surface area (Å²) < 4.78 is 1.46. The van der Waals surface area contributed by atoms with E-state index in [0.29, 0.717) is 11.2 Å². The Kier molecular flexibility index (Phi) is 3.73. The van der Waals surface area contributed by atoms with Gasteiger partial charge in [0.05, 0.1) is 5.69 Å². The van der Waals surface area contributed by atoms with E-state index in [1.165, 1.54) is 10.1 Å². The third-order valence-corrected chi connectivity index (χ3v) is 4.29. The first-order valence-corrected chi connectivity index (χ1v) is 8.23. The number of nitrogens with zero attached hydrogens (tertiary/aromatic N) is 4.